The average Bonchev–Trinajstić information content (AvgIpc) is 3.26. The van der Waals surface area contributed by atoms with Crippen LogP contribution in [-0.2, 0) is 11.3 Å². The number of nitrogens with zero attached hydrogens (tertiary/aromatic N) is 3. The summed E-state index contributed by atoms with van der Waals surface area (Å²) in [6.07, 6.45) is 1.07. The minimum Gasteiger partial charge on any atom is -0.356 e. The van der Waals surface area contributed by atoms with Crippen molar-refractivity contribution in [1.29, 1.82) is 0 Å². The molecule has 5 rings (SSSR count). The molecule has 0 unspecified atom stereocenters. The van der Waals surface area contributed by atoms with Gasteiger partial charge in [-0.15, -0.1) is 11.3 Å². The smallest absolute Gasteiger partial charge is 0.250 e. The zero-order chi connectivity index (χ0) is 22.9. The Morgan fingerprint density at radius 1 is 1.21 bits per heavy atom. The summed E-state index contributed by atoms with van der Waals surface area (Å²) >= 11 is 14.6. The number of nitrogens with one attached hydrogen (secondary N) is 1. The standard InChI is InChI=1S/C23H21ClN4O2S3/c24-17-5-2-1-4-16(17)18-12-32-22(25-18)26-20(29)13-33-23(31)27-9-14-8-15(11-27)19-6-3-7-21(30)28(19)10-14/h1-7,12,14-15H,8-11,13H2,(H,25,26,29)/t14-,15+/m0/s1. The lowest BCUT2D eigenvalue weighted by Crippen LogP contribution is -2.48. The SMILES string of the molecule is O=C(CSC(=S)N1C[C@@H]2C[C@H](C1)c1cccc(=O)n1C2)Nc1nc(-c2ccccc2Cl)cs1. The van der Waals surface area contributed by atoms with Gasteiger partial charge in [-0.3, -0.25) is 9.59 Å². The number of thiazole rings is 1. The molecule has 4 heterocycles. The molecule has 2 aliphatic heterocycles. The van der Waals surface area contributed by atoms with Crippen LogP contribution in [0.3, 0.4) is 0 Å². The van der Waals surface area contributed by atoms with Crippen molar-refractivity contribution in [3.8, 4) is 11.3 Å². The molecule has 1 N–H and O–H groups in total. The van der Waals surface area contributed by atoms with Gasteiger partial charge in [0.1, 0.15) is 4.32 Å². The van der Waals surface area contributed by atoms with E-state index < -0.39 is 0 Å². The van der Waals surface area contributed by atoms with E-state index in [1.54, 1.807) is 6.07 Å². The Balaban J connectivity index is 1.16. The highest BCUT2D eigenvalue weighted by molar-refractivity contribution is 8.23. The quantitative estimate of drug-likeness (QED) is 0.507. The topological polar surface area (TPSA) is 67.2 Å². The fraction of sp³-hybridized carbons (Fsp3) is 0.304. The largest absolute Gasteiger partial charge is 0.356 e. The second-order valence-corrected chi connectivity index (χ2v) is 11.1. The van der Waals surface area contributed by atoms with Crippen LogP contribution in [0.15, 0.2) is 52.6 Å². The number of aromatic nitrogens is 2. The van der Waals surface area contributed by atoms with Crippen molar-refractivity contribution in [2.45, 2.75) is 18.9 Å². The highest BCUT2D eigenvalue weighted by Crippen LogP contribution is 2.36. The average molecular weight is 517 g/mol. The molecular formula is C23H21ClN4O2S3. The van der Waals surface area contributed by atoms with E-state index in [0.717, 1.165) is 47.3 Å². The molecule has 0 radical (unpaired) electrons. The van der Waals surface area contributed by atoms with Gasteiger partial charge in [-0.1, -0.05) is 59.8 Å². The Labute approximate surface area is 210 Å². The van der Waals surface area contributed by atoms with Gasteiger partial charge in [-0.2, -0.15) is 0 Å². The Morgan fingerprint density at radius 2 is 2.06 bits per heavy atom. The summed E-state index contributed by atoms with van der Waals surface area (Å²) in [5, 5.41) is 5.90. The zero-order valence-corrected chi connectivity index (χ0v) is 20.8. The monoisotopic (exact) mass is 516 g/mol. The van der Waals surface area contributed by atoms with Gasteiger partial charge in [-0.05, 0) is 24.5 Å². The van der Waals surface area contributed by atoms with E-state index in [1.807, 2.05) is 46.3 Å². The molecule has 0 aliphatic carbocycles. The van der Waals surface area contributed by atoms with Crippen molar-refractivity contribution < 1.29 is 4.79 Å². The molecule has 2 aromatic heterocycles. The summed E-state index contributed by atoms with van der Waals surface area (Å²) in [6.45, 7) is 2.33. The second-order valence-electron chi connectivity index (χ2n) is 8.22. The van der Waals surface area contributed by atoms with Crippen LogP contribution < -0.4 is 10.9 Å². The first kappa shape index (κ1) is 22.6. The fourth-order valence-corrected chi connectivity index (χ4v) is 6.49. The van der Waals surface area contributed by atoms with E-state index >= 15 is 0 Å². The predicted octanol–water partition coefficient (Wildman–Crippen LogP) is 4.70. The number of anilines is 1. The highest BCUT2D eigenvalue weighted by Gasteiger charge is 2.35. The number of halogens is 1. The van der Waals surface area contributed by atoms with Crippen LogP contribution in [0, 0.1) is 5.92 Å². The fourth-order valence-electron chi connectivity index (χ4n) is 4.54. The maximum atomic E-state index is 12.5. The number of pyridine rings is 1. The number of carbonyl (C=O) groups excluding carboxylic acids is 1. The highest BCUT2D eigenvalue weighted by atomic mass is 35.5. The molecule has 170 valence electrons. The summed E-state index contributed by atoms with van der Waals surface area (Å²) < 4.78 is 2.63. The zero-order valence-electron chi connectivity index (χ0n) is 17.6. The Bertz CT molecular complexity index is 1270. The lowest BCUT2D eigenvalue weighted by atomic mass is 9.83. The molecule has 1 saturated heterocycles. The van der Waals surface area contributed by atoms with Crippen LogP contribution in [0.2, 0.25) is 5.02 Å². The van der Waals surface area contributed by atoms with Crippen LogP contribution in [0.25, 0.3) is 11.3 Å². The van der Waals surface area contributed by atoms with Gasteiger partial charge < -0.3 is 14.8 Å². The molecule has 1 fully saturated rings. The van der Waals surface area contributed by atoms with Crippen molar-refractivity contribution >= 4 is 62.3 Å². The summed E-state index contributed by atoms with van der Waals surface area (Å²) in [5.41, 5.74) is 2.74. The van der Waals surface area contributed by atoms with Gasteiger partial charge in [0.05, 0.1) is 11.4 Å². The third kappa shape index (κ3) is 4.87. The Hall–Kier alpha value is -2.20. The summed E-state index contributed by atoms with van der Waals surface area (Å²) in [4.78, 5) is 31.4. The molecule has 3 aromatic rings. The van der Waals surface area contributed by atoms with Crippen molar-refractivity contribution in [3.05, 3.63) is 68.9 Å². The maximum Gasteiger partial charge on any atom is 0.250 e. The van der Waals surface area contributed by atoms with Crippen molar-refractivity contribution in [2.24, 2.45) is 5.92 Å². The number of thioether (sulfide) groups is 1. The van der Waals surface area contributed by atoms with E-state index in [2.05, 4.69) is 15.2 Å². The predicted molar refractivity (Wildman–Crippen MR) is 139 cm³/mol. The van der Waals surface area contributed by atoms with Crippen LogP contribution in [-0.4, -0.2) is 43.5 Å². The molecule has 1 aromatic carbocycles. The van der Waals surface area contributed by atoms with E-state index in [1.165, 1.54) is 23.1 Å². The number of thiocarbonyl (C=S) groups is 1. The molecule has 0 saturated carbocycles. The Kier molecular flexibility index (Phi) is 6.56. The normalized spacial score (nSPS) is 19.1. The lowest BCUT2D eigenvalue weighted by molar-refractivity contribution is -0.113. The number of amides is 1. The van der Waals surface area contributed by atoms with Gasteiger partial charge in [-0.25, -0.2) is 4.98 Å². The number of fused-ring (bicyclic) bond motifs is 4. The van der Waals surface area contributed by atoms with Gasteiger partial charge >= 0.3 is 0 Å². The van der Waals surface area contributed by atoms with Crippen LogP contribution in [0.5, 0.6) is 0 Å². The third-order valence-corrected chi connectivity index (χ3v) is 8.58. The number of benzene rings is 1. The second kappa shape index (κ2) is 9.58. The van der Waals surface area contributed by atoms with Crippen molar-refractivity contribution in [2.75, 3.05) is 24.2 Å². The molecule has 1 amide bonds. The number of hydrogen-bond donors (Lipinski definition) is 1. The molecular weight excluding hydrogens is 496 g/mol. The molecule has 2 aliphatic rings. The number of carbonyl (C=O) groups is 1. The molecule has 2 bridgehead atoms. The van der Waals surface area contributed by atoms with E-state index in [0.29, 0.717) is 16.1 Å². The number of likely N-dealkylation sites (tertiary alicyclic amines) is 1. The first-order valence-corrected chi connectivity index (χ1v) is 13.2. The first-order valence-electron chi connectivity index (χ1n) is 10.6. The first-order chi connectivity index (χ1) is 16.0. The van der Waals surface area contributed by atoms with Crippen LogP contribution >= 0.6 is 46.9 Å². The van der Waals surface area contributed by atoms with Gasteiger partial charge in [0.25, 0.3) is 5.56 Å². The molecule has 2 atom stereocenters. The van der Waals surface area contributed by atoms with E-state index in [-0.39, 0.29) is 23.1 Å². The molecule has 33 heavy (non-hydrogen) atoms. The molecule has 0 spiro atoms. The maximum absolute atomic E-state index is 12.5. The van der Waals surface area contributed by atoms with Crippen molar-refractivity contribution in [1.82, 2.24) is 14.5 Å². The minimum absolute atomic E-state index is 0.0733. The number of hydrogen-bond acceptors (Lipinski definition) is 6. The van der Waals surface area contributed by atoms with Crippen LogP contribution in [0.4, 0.5) is 5.13 Å². The Morgan fingerprint density at radius 3 is 2.91 bits per heavy atom. The number of piperidine rings is 1. The number of rotatable bonds is 4. The molecule has 10 heteroatoms. The van der Waals surface area contributed by atoms with Gasteiger partial charge in [0, 0.05) is 53.3 Å². The van der Waals surface area contributed by atoms with Gasteiger partial charge in [0.15, 0.2) is 5.13 Å². The van der Waals surface area contributed by atoms with Crippen LogP contribution in [0.1, 0.15) is 18.0 Å². The molecule has 6 nitrogen and oxygen atoms in total. The summed E-state index contributed by atoms with van der Waals surface area (Å²) in [6, 6.07) is 13.0. The summed E-state index contributed by atoms with van der Waals surface area (Å²) in [5.74, 6) is 0.762. The third-order valence-electron chi connectivity index (χ3n) is 5.97. The lowest BCUT2D eigenvalue weighted by Gasteiger charge is -2.43. The summed E-state index contributed by atoms with van der Waals surface area (Å²) in [7, 11) is 0. The van der Waals surface area contributed by atoms with Crippen molar-refractivity contribution in [3.63, 3.8) is 0 Å². The van der Waals surface area contributed by atoms with Gasteiger partial charge in [0.2, 0.25) is 5.91 Å². The van der Waals surface area contributed by atoms with E-state index in [9.17, 15) is 9.59 Å². The van der Waals surface area contributed by atoms with E-state index in [4.69, 9.17) is 23.8 Å². The minimum atomic E-state index is -0.142.